The summed E-state index contributed by atoms with van der Waals surface area (Å²) in [6.07, 6.45) is 9.91. The maximum absolute atomic E-state index is 3.86. The van der Waals surface area contributed by atoms with Gasteiger partial charge in [0, 0.05) is 6.04 Å². The zero-order chi connectivity index (χ0) is 10.7. The first-order valence-electron chi connectivity index (χ1n) is 6.66. The molecule has 0 aromatic carbocycles. The van der Waals surface area contributed by atoms with Crippen LogP contribution in [0.1, 0.15) is 58.8 Å². The van der Waals surface area contributed by atoms with Crippen molar-refractivity contribution in [1.29, 1.82) is 0 Å². The molecule has 1 spiro atoms. The van der Waals surface area contributed by atoms with Gasteiger partial charge in [-0.3, -0.25) is 0 Å². The Balaban J connectivity index is 1.85. The zero-order valence-electron chi connectivity index (χ0n) is 10.2. The molecule has 1 aliphatic heterocycles. The number of nitrogens with one attached hydrogen (secondary N) is 1. The molecular formula is C13H25NS. The third kappa shape index (κ3) is 2.91. The number of thioether (sulfide) groups is 1. The van der Waals surface area contributed by atoms with E-state index in [2.05, 4.69) is 30.9 Å². The van der Waals surface area contributed by atoms with Crippen LogP contribution in [-0.2, 0) is 0 Å². The maximum atomic E-state index is 3.86. The van der Waals surface area contributed by atoms with Crippen molar-refractivity contribution in [2.45, 2.75) is 69.7 Å². The molecule has 0 amide bonds. The molecule has 2 rings (SSSR count). The Morgan fingerprint density at radius 1 is 1.27 bits per heavy atom. The molecule has 88 valence electrons. The smallest absolute Gasteiger partial charge is 0.0647 e. The summed E-state index contributed by atoms with van der Waals surface area (Å²) in [5.41, 5.74) is 0. The van der Waals surface area contributed by atoms with Crippen molar-refractivity contribution in [2.75, 3.05) is 5.75 Å². The fourth-order valence-electron chi connectivity index (χ4n) is 3.12. The third-order valence-electron chi connectivity index (χ3n) is 4.05. The van der Waals surface area contributed by atoms with E-state index in [9.17, 15) is 0 Å². The lowest BCUT2D eigenvalue weighted by Crippen LogP contribution is -2.52. The molecule has 1 N–H and O–H groups in total. The minimum atomic E-state index is 0.474. The average Bonchev–Trinajstić information content (AvgIpc) is 2.22. The molecule has 1 atom stereocenters. The zero-order valence-corrected chi connectivity index (χ0v) is 11.0. The standard InChI is InChI=1S/C13H25NS/c1-3-4-12-5-8-13(9-6-12)14-11(2)7-10-15-13/h11-12,14H,3-10H2,1-2H3. The van der Waals surface area contributed by atoms with Gasteiger partial charge in [-0.15, -0.1) is 11.8 Å². The SMILES string of the molecule is CCCC1CCC2(CC1)NC(C)CCS2. The fraction of sp³-hybridized carbons (Fsp3) is 1.00. The first-order chi connectivity index (χ1) is 7.24. The van der Waals surface area contributed by atoms with Crippen LogP contribution in [0.4, 0.5) is 0 Å². The number of hydrogen-bond acceptors (Lipinski definition) is 2. The molecule has 1 heterocycles. The van der Waals surface area contributed by atoms with Gasteiger partial charge in [-0.1, -0.05) is 19.8 Å². The second-order valence-electron chi connectivity index (χ2n) is 5.41. The van der Waals surface area contributed by atoms with E-state index in [0.717, 1.165) is 12.0 Å². The molecule has 1 nitrogen and oxygen atoms in total. The number of hydrogen-bond donors (Lipinski definition) is 1. The lowest BCUT2D eigenvalue weighted by atomic mass is 9.82. The lowest BCUT2D eigenvalue weighted by molar-refractivity contribution is 0.235. The molecule has 0 bridgehead atoms. The number of rotatable bonds is 2. The van der Waals surface area contributed by atoms with Crippen LogP contribution in [0.5, 0.6) is 0 Å². The van der Waals surface area contributed by atoms with Crippen molar-refractivity contribution >= 4 is 11.8 Å². The second-order valence-corrected chi connectivity index (χ2v) is 6.89. The molecule has 2 heteroatoms. The first kappa shape index (κ1) is 11.8. The molecule has 1 saturated carbocycles. The summed E-state index contributed by atoms with van der Waals surface area (Å²) in [5.74, 6) is 2.40. The molecule has 0 aromatic heterocycles. The van der Waals surface area contributed by atoms with Gasteiger partial charge in [-0.05, 0) is 50.7 Å². The van der Waals surface area contributed by atoms with Crippen LogP contribution in [0.3, 0.4) is 0 Å². The van der Waals surface area contributed by atoms with Crippen molar-refractivity contribution < 1.29 is 0 Å². The fourth-order valence-corrected chi connectivity index (χ4v) is 4.79. The van der Waals surface area contributed by atoms with E-state index in [1.807, 2.05) is 0 Å². The van der Waals surface area contributed by atoms with Crippen molar-refractivity contribution in [3.63, 3.8) is 0 Å². The highest BCUT2D eigenvalue weighted by molar-refractivity contribution is 8.00. The highest BCUT2D eigenvalue weighted by Crippen LogP contribution is 2.43. The van der Waals surface area contributed by atoms with Crippen LogP contribution in [-0.4, -0.2) is 16.7 Å². The molecule has 1 unspecified atom stereocenters. The van der Waals surface area contributed by atoms with Crippen LogP contribution in [0.15, 0.2) is 0 Å². The van der Waals surface area contributed by atoms with Crippen LogP contribution in [0.25, 0.3) is 0 Å². The highest BCUT2D eigenvalue weighted by Gasteiger charge is 2.38. The Bertz CT molecular complexity index is 197. The van der Waals surface area contributed by atoms with Crippen LogP contribution in [0.2, 0.25) is 0 Å². The van der Waals surface area contributed by atoms with Gasteiger partial charge in [-0.2, -0.15) is 0 Å². The van der Waals surface area contributed by atoms with Gasteiger partial charge in [0.1, 0.15) is 0 Å². The largest absolute Gasteiger partial charge is 0.300 e. The molecule has 1 saturated heterocycles. The Labute approximate surface area is 98.8 Å². The third-order valence-corrected chi connectivity index (χ3v) is 5.57. The predicted molar refractivity (Wildman–Crippen MR) is 69.3 cm³/mol. The Morgan fingerprint density at radius 3 is 2.60 bits per heavy atom. The average molecular weight is 227 g/mol. The lowest BCUT2D eigenvalue weighted by Gasteiger charge is -2.45. The van der Waals surface area contributed by atoms with Gasteiger partial charge in [0.15, 0.2) is 0 Å². The van der Waals surface area contributed by atoms with Gasteiger partial charge in [-0.25, -0.2) is 0 Å². The Morgan fingerprint density at radius 2 is 2.00 bits per heavy atom. The first-order valence-corrected chi connectivity index (χ1v) is 7.64. The summed E-state index contributed by atoms with van der Waals surface area (Å²) >= 11 is 2.20. The van der Waals surface area contributed by atoms with Crippen molar-refractivity contribution in [2.24, 2.45) is 5.92 Å². The Hall–Kier alpha value is 0.310. The van der Waals surface area contributed by atoms with Crippen LogP contribution < -0.4 is 5.32 Å². The van der Waals surface area contributed by atoms with Crippen molar-refractivity contribution in [3.8, 4) is 0 Å². The topological polar surface area (TPSA) is 12.0 Å². The maximum Gasteiger partial charge on any atom is 0.0647 e. The van der Waals surface area contributed by atoms with Gasteiger partial charge in [0.25, 0.3) is 0 Å². The van der Waals surface area contributed by atoms with Crippen molar-refractivity contribution in [3.05, 3.63) is 0 Å². The summed E-state index contributed by atoms with van der Waals surface area (Å²) in [6.45, 7) is 4.67. The molecular weight excluding hydrogens is 202 g/mol. The molecule has 2 fully saturated rings. The van der Waals surface area contributed by atoms with Gasteiger partial charge in [0.2, 0.25) is 0 Å². The summed E-state index contributed by atoms with van der Waals surface area (Å²) in [5, 5.41) is 3.86. The van der Waals surface area contributed by atoms with Crippen molar-refractivity contribution in [1.82, 2.24) is 5.32 Å². The second kappa shape index (κ2) is 5.09. The van der Waals surface area contributed by atoms with E-state index in [0.29, 0.717) is 4.87 Å². The highest BCUT2D eigenvalue weighted by atomic mass is 32.2. The summed E-state index contributed by atoms with van der Waals surface area (Å²) < 4.78 is 0. The molecule has 15 heavy (non-hydrogen) atoms. The van der Waals surface area contributed by atoms with Gasteiger partial charge in [0.05, 0.1) is 4.87 Å². The minimum absolute atomic E-state index is 0.474. The minimum Gasteiger partial charge on any atom is -0.300 e. The van der Waals surface area contributed by atoms with Crippen LogP contribution >= 0.6 is 11.8 Å². The molecule has 2 aliphatic rings. The Kier molecular flexibility index (Phi) is 4.00. The van der Waals surface area contributed by atoms with E-state index in [-0.39, 0.29) is 0 Å². The monoisotopic (exact) mass is 227 g/mol. The van der Waals surface area contributed by atoms with E-state index >= 15 is 0 Å². The van der Waals surface area contributed by atoms with Gasteiger partial charge < -0.3 is 5.32 Å². The predicted octanol–water partition coefficient (Wildman–Crippen LogP) is 3.79. The summed E-state index contributed by atoms with van der Waals surface area (Å²) in [7, 11) is 0. The molecule has 1 aliphatic carbocycles. The van der Waals surface area contributed by atoms with Crippen LogP contribution in [0, 0.1) is 5.92 Å². The summed E-state index contributed by atoms with van der Waals surface area (Å²) in [4.78, 5) is 0.474. The molecule has 0 radical (unpaired) electrons. The normalized spacial score (nSPS) is 42.0. The van der Waals surface area contributed by atoms with E-state index in [4.69, 9.17) is 0 Å². The van der Waals surface area contributed by atoms with E-state index in [1.54, 1.807) is 0 Å². The van der Waals surface area contributed by atoms with E-state index in [1.165, 1.54) is 50.7 Å². The quantitative estimate of drug-likeness (QED) is 0.770. The molecule has 0 aromatic rings. The van der Waals surface area contributed by atoms with Gasteiger partial charge >= 0.3 is 0 Å². The van der Waals surface area contributed by atoms with E-state index < -0.39 is 0 Å². The summed E-state index contributed by atoms with van der Waals surface area (Å²) in [6, 6.07) is 0.744.